The van der Waals surface area contributed by atoms with Gasteiger partial charge in [0, 0.05) is 18.5 Å². The smallest absolute Gasteiger partial charge is 0.303 e. The average Bonchev–Trinajstić information content (AvgIpc) is 2.64. The van der Waals surface area contributed by atoms with Gasteiger partial charge in [-0.2, -0.15) is 5.26 Å². The molecule has 0 aliphatic heterocycles. The number of aliphatic carboxylic acids is 1. The van der Waals surface area contributed by atoms with Crippen LogP contribution in [-0.2, 0) is 11.2 Å². The molecule has 0 fully saturated rings. The molecule has 1 atom stereocenters. The Hall–Kier alpha value is -3.17. The summed E-state index contributed by atoms with van der Waals surface area (Å²) in [5.74, 6) is -1.18. The summed E-state index contributed by atoms with van der Waals surface area (Å²) in [7, 11) is 0. The number of carbonyl (C=O) groups excluding carboxylic acids is 1. The first-order valence-electron chi connectivity index (χ1n) is 7.76. The Labute approximate surface area is 145 Å². The normalized spacial score (nSPS) is 11.4. The molecule has 0 radical (unpaired) electrons. The second kappa shape index (κ2) is 8.62. The number of hydrogen-bond acceptors (Lipinski definition) is 4. The standard InChI is InChI=1S/C19H18N2O4/c20-11-14-3-8-16(9-4-14)19(25)21-12-17(22)15-6-1-13(2-7-15)5-10-18(23)24/h1-4,6-9,17,22H,5,10,12H2,(H,21,25)(H,23,24). The minimum Gasteiger partial charge on any atom is -0.481 e. The maximum Gasteiger partial charge on any atom is 0.303 e. The van der Waals surface area contributed by atoms with E-state index in [1.807, 2.05) is 6.07 Å². The highest BCUT2D eigenvalue weighted by Gasteiger charge is 2.11. The van der Waals surface area contributed by atoms with Crippen LogP contribution >= 0.6 is 0 Å². The zero-order valence-corrected chi connectivity index (χ0v) is 13.5. The summed E-state index contributed by atoms with van der Waals surface area (Å²) in [6, 6.07) is 15.2. The number of rotatable bonds is 7. The van der Waals surface area contributed by atoms with Crippen LogP contribution in [0.15, 0.2) is 48.5 Å². The van der Waals surface area contributed by atoms with Crippen molar-refractivity contribution >= 4 is 11.9 Å². The van der Waals surface area contributed by atoms with Gasteiger partial charge in [0.25, 0.3) is 5.91 Å². The van der Waals surface area contributed by atoms with Crippen LogP contribution in [0.3, 0.4) is 0 Å². The fourth-order valence-electron chi connectivity index (χ4n) is 2.26. The lowest BCUT2D eigenvalue weighted by Gasteiger charge is -2.13. The first kappa shape index (κ1) is 18.2. The SMILES string of the molecule is N#Cc1ccc(C(=O)NCC(O)c2ccc(CCC(=O)O)cc2)cc1. The van der Waals surface area contributed by atoms with E-state index in [2.05, 4.69) is 5.32 Å². The fourth-order valence-corrected chi connectivity index (χ4v) is 2.26. The van der Waals surface area contributed by atoms with Gasteiger partial charge in [0.15, 0.2) is 0 Å². The summed E-state index contributed by atoms with van der Waals surface area (Å²) in [6.07, 6.45) is -0.375. The number of benzene rings is 2. The molecule has 0 bridgehead atoms. The Morgan fingerprint density at radius 3 is 2.28 bits per heavy atom. The molecule has 0 aromatic heterocycles. The largest absolute Gasteiger partial charge is 0.481 e. The molecule has 3 N–H and O–H groups in total. The van der Waals surface area contributed by atoms with Crippen LogP contribution in [0.4, 0.5) is 0 Å². The predicted octanol–water partition coefficient (Wildman–Crippen LogP) is 2.04. The van der Waals surface area contributed by atoms with Gasteiger partial charge in [-0.15, -0.1) is 0 Å². The van der Waals surface area contributed by atoms with E-state index in [0.29, 0.717) is 23.1 Å². The average molecular weight is 338 g/mol. The van der Waals surface area contributed by atoms with Crippen molar-refractivity contribution in [1.82, 2.24) is 5.32 Å². The molecule has 1 amide bonds. The van der Waals surface area contributed by atoms with Crippen LogP contribution in [-0.4, -0.2) is 28.6 Å². The molecule has 6 nitrogen and oxygen atoms in total. The van der Waals surface area contributed by atoms with Gasteiger partial charge in [-0.05, 0) is 41.8 Å². The van der Waals surface area contributed by atoms with Crippen molar-refractivity contribution in [1.29, 1.82) is 5.26 Å². The van der Waals surface area contributed by atoms with Crippen LogP contribution in [0, 0.1) is 11.3 Å². The molecule has 0 aliphatic carbocycles. The number of amides is 1. The van der Waals surface area contributed by atoms with E-state index in [9.17, 15) is 14.7 Å². The zero-order chi connectivity index (χ0) is 18.2. The number of nitrogens with one attached hydrogen (secondary N) is 1. The Kier molecular flexibility index (Phi) is 6.26. The Morgan fingerprint density at radius 1 is 1.08 bits per heavy atom. The van der Waals surface area contributed by atoms with Crippen molar-refractivity contribution in [3.63, 3.8) is 0 Å². The number of aryl methyl sites for hydroxylation is 1. The van der Waals surface area contributed by atoms with Crippen molar-refractivity contribution in [2.75, 3.05) is 6.54 Å². The molecular weight excluding hydrogens is 320 g/mol. The van der Waals surface area contributed by atoms with Crippen LogP contribution < -0.4 is 5.32 Å². The maximum atomic E-state index is 12.0. The Morgan fingerprint density at radius 2 is 1.72 bits per heavy atom. The summed E-state index contributed by atoms with van der Waals surface area (Å²) < 4.78 is 0. The molecule has 0 saturated carbocycles. The maximum absolute atomic E-state index is 12.0. The van der Waals surface area contributed by atoms with Crippen LogP contribution in [0.2, 0.25) is 0 Å². The van der Waals surface area contributed by atoms with Gasteiger partial charge in [-0.3, -0.25) is 9.59 Å². The summed E-state index contributed by atoms with van der Waals surface area (Å²) in [5, 5.41) is 30.2. The summed E-state index contributed by atoms with van der Waals surface area (Å²) in [4.78, 5) is 22.6. The monoisotopic (exact) mass is 338 g/mol. The molecule has 1 unspecified atom stereocenters. The van der Waals surface area contributed by atoms with Crippen molar-refractivity contribution in [2.45, 2.75) is 18.9 Å². The second-order valence-electron chi connectivity index (χ2n) is 5.55. The number of carbonyl (C=O) groups is 2. The molecule has 2 aromatic carbocycles. The molecule has 0 aliphatic rings. The van der Waals surface area contributed by atoms with Gasteiger partial charge in [-0.1, -0.05) is 24.3 Å². The third-order valence-corrected chi connectivity index (χ3v) is 3.72. The minimum atomic E-state index is -0.865. The molecule has 2 rings (SSSR count). The van der Waals surface area contributed by atoms with Gasteiger partial charge in [0.05, 0.1) is 17.7 Å². The molecule has 128 valence electrons. The number of nitrogens with zero attached hydrogens (tertiary/aromatic N) is 1. The van der Waals surface area contributed by atoms with Crippen molar-refractivity contribution < 1.29 is 19.8 Å². The lowest BCUT2D eigenvalue weighted by Crippen LogP contribution is -2.28. The van der Waals surface area contributed by atoms with Crippen LogP contribution in [0.5, 0.6) is 0 Å². The molecular formula is C19H18N2O4. The summed E-state index contributed by atoms with van der Waals surface area (Å²) in [5.41, 5.74) is 2.40. The lowest BCUT2D eigenvalue weighted by atomic mass is 10.0. The lowest BCUT2D eigenvalue weighted by molar-refractivity contribution is -0.136. The van der Waals surface area contributed by atoms with E-state index in [0.717, 1.165) is 5.56 Å². The van der Waals surface area contributed by atoms with Gasteiger partial charge >= 0.3 is 5.97 Å². The third-order valence-electron chi connectivity index (χ3n) is 3.72. The van der Waals surface area contributed by atoms with Crippen molar-refractivity contribution in [2.24, 2.45) is 0 Å². The van der Waals surface area contributed by atoms with Gasteiger partial charge in [0.2, 0.25) is 0 Å². The molecule has 6 heteroatoms. The number of nitriles is 1. The van der Waals surface area contributed by atoms with E-state index >= 15 is 0 Å². The second-order valence-corrected chi connectivity index (χ2v) is 5.55. The number of hydrogen-bond donors (Lipinski definition) is 3. The fraction of sp³-hybridized carbons (Fsp3) is 0.211. The van der Waals surface area contributed by atoms with Crippen molar-refractivity contribution in [3.8, 4) is 6.07 Å². The van der Waals surface area contributed by atoms with E-state index in [-0.39, 0.29) is 18.9 Å². The highest BCUT2D eigenvalue weighted by atomic mass is 16.4. The van der Waals surface area contributed by atoms with Crippen LogP contribution in [0.25, 0.3) is 0 Å². The first-order chi connectivity index (χ1) is 12.0. The highest BCUT2D eigenvalue weighted by Crippen LogP contribution is 2.14. The Bertz CT molecular complexity index is 777. The third kappa shape index (κ3) is 5.44. The zero-order valence-electron chi connectivity index (χ0n) is 13.5. The molecule has 25 heavy (non-hydrogen) atoms. The molecule has 0 saturated heterocycles. The van der Waals surface area contributed by atoms with E-state index < -0.39 is 12.1 Å². The quantitative estimate of drug-likeness (QED) is 0.715. The number of aliphatic hydroxyl groups excluding tert-OH is 1. The van der Waals surface area contributed by atoms with E-state index in [1.165, 1.54) is 0 Å². The van der Waals surface area contributed by atoms with Gasteiger partial charge < -0.3 is 15.5 Å². The molecule has 0 spiro atoms. The topological polar surface area (TPSA) is 110 Å². The van der Waals surface area contributed by atoms with E-state index in [1.54, 1.807) is 48.5 Å². The Balaban J connectivity index is 1.88. The molecule has 2 aromatic rings. The molecule has 0 heterocycles. The number of carboxylic acid groups (broad SMARTS) is 1. The number of carboxylic acids is 1. The van der Waals surface area contributed by atoms with E-state index in [4.69, 9.17) is 10.4 Å². The summed E-state index contributed by atoms with van der Waals surface area (Å²) in [6.45, 7) is 0.0489. The summed E-state index contributed by atoms with van der Waals surface area (Å²) >= 11 is 0. The predicted molar refractivity (Wildman–Crippen MR) is 90.8 cm³/mol. The van der Waals surface area contributed by atoms with Gasteiger partial charge in [0.1, 0.15) is 0 Å². The van der Waals surface area contributed by atoms with Crippen molar-refractivity contribution in [3.05, 3.63) is 70.8 Å². The van der Waals surface area contributed by atoms with Crippen LogP contribution in [0.1, 0.15) is 39.6 Å². The highest BCUT2D eigenvalue weighted by molar-refractivity contribution is 5.94. The first-order valence-corrected chi connectivity index (χ1v) is 7.76. The minimum absolute atomic E-state index is 0.0489. The van der Waals surface area contributed by atoms with Gasteiger partial charge in [-0.25, -0.2) is 0 Å². The number of aliphatic hydroxyl groups is 1.